The summed E-state index contributed by atoms with van der Waals surface area (Å²) in [6.45, 7) is 15.1. The lowest BCUT2D eigenvalue weighted by Crippen LogP contribution is -2.37. The SMILES string of the molecule is CCCCCCCCC=CCCCCCCCOCNCCN(CC)CCNCOCCCCCCCC=CCCCCCCCC. The molecule has 0 aliphatic carbocycles. The number of ether oxygens (including phenoxy) is 2. The quantitative estimate of drug-likeness (QED) is 0.0387. The number of nitrogens with one attached hydrogen (secondary N) is 2. The fraction of sp³-hybridized carbons (Fsp3) is 0.905. The second-order valence-electron chi connectivity index (χ2n) is 13.7. The maximum atomic E-state index is 5.80. The van der Waals surface area contributed by atoms with Gasteiger partial charge in [-0.1, -0.05) is 148 Å². The van der Waals surface area contributed by atoms with Gasteiger partial charge < -0.3 is 14.4 Å². The predicted octanol–water partition coefficient (Wildman–Crippen LogP) is 11.7. The van der Waals surface area contributed by atoms with Crippen molar-refractivity contribution in [3.05, 3.63) is 24.3 Å². The van der Waals surface area contributed by atoms with Crippen LogP contribution in [0.1, 0.15) is 188 Å². The van der Waals surface area contributed by atoms with Crippen molar-refractivity contribution in [1.82, 2.24) is 15.5 Å². The molecule has 0 bridgehead atoms. The van der Waals surface area contributed by atoms with Gasteiger partial charge in [0.25, 0.3) is 0 Å². The minimum atomic E-state index is 0.670. The zero-order chi connectivity index (χ0) is 34.0. The first-order valence-corrected chi connectivity index (χ1v) is 20.9. The summed E-state index contributed by atoms with van der Waals surface area (Å²) in [7, 11) is 0. The molecular formula is C42H85N3O2. The van der Waals surface area contributed by atoms with E-state index in [9.17, 15) is 0 Å². The van der Waals surface area contributed by atoms with Crippen molar-refractivity contribution in [3.8, 4) is 0 Å². The van der Waals surface area contributed by atoms with Gasteiger partial charge in [0.2, 0.25) is 0 Å². The summed E-state index contributed by atoms with van der Waals surface area (Å²) >= 11 is 0. The van der Waals surface area contributed by atoms with E-state index < -0.39 is 0 Å². The summed E-state index contributed by atoms with van der Waals surface area (Å²) in [6, 6.07) is 0. The van der Waals surface area contributed by atoms with Gasteiger partial charge in [0.15, 0.2) is 0 Å². The summed E-state index contributed by atoms with van der Waals surface area (Å²) in [5.41, 5.74) is 0. The van der Waals surface area contributed by atoms with Crippen molar-refractivity contribution < 1.29 is 9.47 Å². The topological polar surface area (TPSA) is 45.8 Å². The van der Waals surface area contributed by atoms with Gasteiger partial charge in [0.1, 0.15) is 0 Å². The fourth-order valence-electron chi connectivity index (χ4n) is 5.89. The number of hydrogen-bond acceptors (Lipinski definition) is 5. The van der Waals surface area contributed by atoms with Gasteiger partial charge in [-0.3, -0.25) is 10.6 Å². The molecular weight excluding hydrogens is 578 g/mol. The third-order valence-corrected chi connectivity index (χ3v) is 9.17. The molecule has 0 spiro atoms. The van der Waals surface area contributed by atoms with Crippen LogP contribution in [-0.2, 0) is 9.47 Å². The first kappa shape index (κ1) is 46.3. The molecule has 0 atom stereocenters. The molecule has 280 valence electrons. The molecule has 5 heteroatoms. The van der Waals surface area contributed by atoms with Crippen LogP contribution in [0, 0.1) is 0 Å². The van der Waals surface area contributed by atoms with Gasteiger partial charge in [0, 0.05) is 39.4 Å². The minimum Gasteiger partial charge on any atom is -0.366 e. The number of likely N-dealkylation sites (N-methyl/N-ethyl adjacent to an activating group) is 1. The van der Waals surface area contributed by atoms with Crippen molar-refractivity contribution in [3.63, 3.8) is 0 Å². The Hall–Kier alpha value is -0.720. The highest BCUT2D eigenvalue weighted by Gasteiger charge is 2.01. The Morgan fingerprint density at radius 1 is 0.404 bits per heavy atom. The normalized spacial score (nSPS) is 12.1. The predicted molar refractivity (Wildman–Crippen MR) is 209 cm³/mol. The summed E-state index contributed by atoms with van der Waals surface area (Å²) in [5, 5.41) is 6.89. The monoisotopic (exact) mass is 664 g/mol. The molecule has 0 aliphatic heterocycles. The molecule has 0 saturated carbocycles. The van der Waals surface area contributed by atoms with Crippen molar-refractivity contribution in [1.29, 1.82) is 0 Å². The standard InChI is InChI=1S/C42H85N3O2/c1-4-7-9-11-13-15-17-19-21-23-25-27-29-31-33-39-46-41-43-35-37-45(6-3)38-36-44-42-47-40-34-32-30-28-26-24-22-20-18-16-14-12-10-8-5-2/h19-22,43-44H,4-18,23-42H2,1-3H3. The molecule has 0 aromatic heterocycles. The van der Waals surface area contributed by atoms with Crippen LogP contribution in [0.3, 0.4) is 0 Å². The van der Waals surface area contributed by atoms with Crippen LogP contribution in [-0.4, -0.2) is 64.3 Å². The molecule has 0 aromatic rings. The van der Waals surface area contributed by atoms with Crippen LogP contribution in [0.5, 0.6) is 0 Å². The number of allylic oxidation sites excluding steroid dienone is 4. The van der Waals surface area contributed by atoms with E-state index in [0.29, 0.717) is 13.5 Å². The third kappa shape index (κ3) is 41.4. The Morgan fingerprint density at radius 2 is 0.723 bits per heavy atom. The molecule has 0 saturated heterocycles. The number of nitrogens with zero attached hydrogens (tertiary/aromatic N) is 1. The summed E-state index contributed by atoms with van der Waals surface area (Å²) in [5.74, 6) is 0. The number of unbranched alkanes of at least 4 members (excludes halogenated alkanes) is 22. The Bertz CT molecular complexity index is 563. The van der Waals surface area contributed by atoms with Gasteiger partial charge in [-0.2, -0.15) is 0 Å². The molecule has 5 nitrogen and oxygen atoms in total. The molecule has 0 heterocycles. The first-order valence-electron chi connectivity index (χ1n) is 20.9. The highest BCUT2D eigenvalue weighted by Crippen LogP contribution is 2.11. The van der Waals surface area contributed by atoms with Crippen LogP contribution in [0.25, 0.3) is 0 Å². The van der Waals surface area contributed by atoms with Crippen molar-refractivity contribution >= 4 is 0 Å². The van der Waals surface area contributed by atoms with E-state index in [-0.39, 0.29) is 0 Å². The second-order valence-corrected chi connectivity index (χ2v) is 13.7. The van der Waals surface area contributed by atoms with E-state index in [2.05, 4.69) is 60.6 Å². The zero-order valence-corrected chi connectivity index (χ0v) is 32.3. The molecule has 0 unspecified atom stereocenters. The maximum absolute atomic E-state index is 5.80. The van der Waals surface area contributed by atoms with Crippen LogP contribution in [0.4, 0.5) is 0 Å². The first-order chi connectivity index (χ1) is 23.3. The Labute approximate surface area is 295 Å². The molecule has 0 radical (unpaired) electrons. The van der Waals surface area contributed by atoms with Gasteiger partial charge in [-0.25, -0.2) is 0 Å². The second kappa shape index (κ2) is 43.3. The molecule has 0 fully saturated rings. The molecule has 0 aromatic carbocycles. The summed E-state index contributed by atoms with van der Waals surface area (Å²) in [4.78, 5) is 2.48. The van der Waals surface area contributed by atoms with Crippen LogP contribution in [0.15, 0.2) is 24.3 Å². The summed E-state index contributed by atoms with van der Waals surface area (Å²) in [6.07, 6.45) is 44.5. The van der Waals surface area contributed by atoms with E-state index in [1.54, 1.807) is 0 Å². The lowest BCUT2D eigenvalue weighted by Gasteiger charge is -2.20. The Balaban J connectivity index is 3.30. The third-order valence-electron chi connectivity index (χ3n) is 9.17. The number of rotatable bonds is 41. The van der Waals surface area contributed by atoms with E-state index >= 15 is 0 Å². The lowest BCUT2D eigenvalue weighted by molar-refractivity contribution is 0.106. The Morgan fingerprint density at radius 3 is 1.06 bits per heavy atom. The number of hydrogen-bond donors (Lipinski definition) is 2. The smallest absolute Gasteiger partial charge is 0.0965 e. The molecule has 0 amide bonds. The highest BCUT2D eigenvalue weighted by atomic mass is 16.5. The van der Waals surface area contributed by atoms with E-state index in [1.807, 2.05) is 0 Å². The van der Waals surface area contributed by atoms with Gasteiger partial charge >= 0.3 is 0 Å². The molecule has 0 rings (SSSR count). The van der Waals surface area contributed by atoms with Gasteiger partial charge in [0.05, 0.1) is 13.5 Å². The lowest BCUT2D eigenvalue weighted by atomic mass is 10.1. The molecule has 47 heavy (non-hydrogen) atoms. The van der Waals surface area contributed by atoms with Gasteiger partial charge in [-0.15, -0.1) is 0 Å². The maximum Gasteiger partial charge on any atom is 0.0965 e. The van der Waals surface area contributed by atoms with Gasteiger partial charge in [-0.05, 0) is 70.8 Å². The Kier molecular flexibility index (Phi) is 42.6. The zero-order valence-electron chi connectivity index (χ0n) is 32.3. The van der Waals surface area contributed by atoms with Crippen LogP contribution < -0.4 is 10.6 Å². The van der Waals surface area contributed by atoms with E-state index in [1.165, 1.54) is 167 Å². The van der Waals surface area contributed by atoms with Crippen molar-refractivity contribution in [2.45, 2.75) is 188 Å². The average Bonchev–Trinajstić information content (AvgIpc) is 3.09. The largest absolute Gasteiger partial charge is 0.366 e. The average molecular weight is 664 g/mol. The van der Waals surface area contributed by atoms with Crippen molar-refractivity contribution in [2.75, 3.05) is 59.4 Å². The molecule has 2 N–H and O–H groups in total. The fourth-order valence-corrected chi connectivity index (χ4v) is 5.89. The summed E-state index contributed by atoms with van der Waals surface area (Å²) < 4.78 is 11.6. The van der Waals surface area contributed by atoms with E-state index in [0.717, 1.165) is 45.9 Å². The molecule has 0 aliphatic rings. The van der Waals surface area contributed by atoms with Crippen LogP contribution >= 0.6 is 0 Å². The highest BCUT2D eigenvalue weighted by molar-refractivity contribution is 4.82. The van der Waals surface area contributed by atoms with Crippen molar-refractivity contribution in [2.24, 2.45) is 0 Å². The van der Waals surface area contributed by atoms with Crippen LogP contribution in [0.2, 0.25) is 0 Å². The minimum absolute atomic E-state index is 0.670. The van der Waals surface area contributed by atoms with E-state index in [4.69, 9.17) is 9.47 Å².